The Kier molecular flexibility index (Phi) is 4.44. The molecule has 1 aliphatic heterocycles. The van der Waals surface area contributed by atoms with Gasteiger partial charge in [0.2, 0.25) is 12.7 Å². The van der Waals surface area contributed by atoms with Gasteiger partial charge in [-0.1, -0.05) is 12.1 Å². The van der Waals surface area contributed by atoms with Crippen molar-refractivity contribution in [2.24, 2.45) is 0 Å². The van der Waals surface area contributed by atoms with Crippen molar-refractivity contribution in [1.82, 2.24) is 15.1 Å². The highest BCUT2D eigenvalue weighted by molar-refractivity contribution is 7.13. The monoisotopic (exact) mass is 373 g/mol. The Morgan fingerprint density at radius 2 is 2.15 bits per heavy atom. The van der Waals surface area contributed by atoms with Crippen LogP contribution in [-0.4, -0.2) is 29.0 Å². The summed E-state index contributed by atoms with van der Waals surface area (Å²) in [7, 11) is 0. The maximum Gasteiger partial charge on any atom is 0.437 e. The largest absolute Gasteiger partial charge is 0.454 e. The molecule has 134 valence electrons. The van der Waals surface area contributed by atoms with Crippen molar-refractivity contribution < 1.29 is 18.7 Å². The van der Waals surface area contributed by atoms with E-state index in [1.807, 2.05) is 29.6 Å². The van der Waals surface area contributed by atoms with Crippen LogP contribution in [0.25, 0.3) is 10.8 Å². The van der Waals surface area contributed by atoms with Crippen molar-refractivity contribution in [3.8, 4) is 22.3 Å². The highest BCUT2D eigenvalue weighted by Crippen LogP contribution is 2.32. The van der Waals surface area contributed by atoms with E-state index in [1.165, 1.54) is 11.3 Å². The lowest BCUT2D eigenvalue weighted by Gasteiger charge is -2.05. The van der Waals surface area contributed by atoms with Crippen LogP contribution >= 0.6 is 11.3 Å². The van der Waals surface area contributed by atoms with E-state index in [-0.39, 0.29) is 25.1 Å². The first kappa shape index (κ1) is 16.4. The van der Waals surface area contributed by atoms with Crippen molar-refractivity contribution in [1.29, 1.82) is 0 Å². The minimum Gasteiger partial charge on any atom is -0.454 e. The van der Waals surface area contributed by atoms with Crippen molar-refractivity contribution in [3.05, 3.63) is 51.8 Å². The molecule has 1 aliphatic rings. The molecule has 3 aromatic rings. The van der Waals surface area contributed by atoms with E-state index in [0.29, 0.717) is 18.7 Å². The number of benzene rings is 1. The standard InChI is InChI=1S/C17H15N3O5S/c21-15(9-20-17(22)25-16(19-20)14-2-1-7-26-14)18-6-5-11-3-4-12-13(8-11)24-10-23-12/h1-4,7-8H,5-6,9-10H2,(H,18,21). The number of hydrogen-bond donors (Lipinski definition) is 1. The number of carbonyl (C=O) groups excluding carboxylic acids is 1. The van der Waals surface area contributed by atoms with Gasteiger partial charge in [0.15, 0.2) is 11.5 Å². The van der Waals surface area contributed by atoms with Crippen LogP contribution in [0.1, 0.15) is 5.56 Å². The summed E-state index contributed by atoms with van der Waals surface area (Å²) in [6.45, 7) is 0.479. The molecule has 0 saturated carbocycles. The zero-order chi connectivity index (χ0) is 17.9. The SMILES string of the molecule is O=C(Cn1nc(-c2cccs2)oc1=O)NCCc1ccc2c(c1)OCO2. The molecule has 4 rings (SSSR count). The highest BCUT2D eigenvalue weighted by Gasteiger charge is 2.15. The van der Waals surface area contributed by atoms with Gasteiger partial charge >= 0.3 is 5.76 Å². The van der Waals surface area contributed by atoms with Crippen LogP contribution in [0, 0.1) is 0 Å². The minimum absolute atomic E-state index is 0.186. The molecule has 9 heteroatoms. The van der Waals surface area contributed by atoms with Crippen LogP contribution in [0.15, 0.2) is 44.9 Å². The molecule has 0 bridgehead atoms. The molecule has 0 radical (unpaired) electrons. The zero-order valence-corrected chi connectivity index (χ0v) is 14.5. The van der Waals surface area contributed by atoms with Crippen molar-refractivity contribution in [3.63, 3.8) is 0 Å². The molecule has 8 nitrogen and oxygen atoms in total. The summed E-state index contributed by atoms with van der Waals surface area (Å²) in [4.78, 5) is 24.6. The lowest BCUT2D eigenvalue weighted by atomic mass is 10.1. The van der Waals surface area contributed by atoms with E-state index >= 15 is 0 Å². The Balaban J connectivity index is 1.31. The predicted molar refractivity (Wildman–Crippen MR) is 93.4 cm³/mol. The van der Waals surface area contributed by atoms with E-state index in [2.05, 4.69) is 10.4 Å². The fourth-order valence-electron chi connectivity index (χ4n) is 2.54. The van der Waals surface area contributed by atoms with Crippen LogP contribution < -0.4 is 20.5 Å². The number of amides is 1. The minimum atomic E-state index is -0.653. The molecule has 26 heavy (non-hydrogen) atoms. The number of carbonyl (C=O) groups is 1. The first-order valence-electron chi connectivity index (χ1n) is 7.96. The number of fused-ring (bicyclic) bond motifs is 1. The molecule has 0 saturated heterocycles. The van der Waals surface area contributed by atoms with Crippen molar-refractivity contribution >= 4 is 17.2 Å². The number of hydrogen-bond acceptors (Lipinski definition) is 7. The van der Waals surface area contributed by atoms with Crippen LogP contribution in [0.3, 0.4) is 0 Å². The Hall–Kier alpha value is -3.07. The average molecular weight is 373 g/mol. The predicted octanol–water partition coefficient (Wildman–Crippen LogP) is 1.65. The Labute approximate surface area is 152 Å². The number of rotatable bonds is 6. The van der Waals surface area contributed by atoms with Gasteiger partial charge in [0, 0.05) is 6.54 Å². The highest BCUT2D eigenvalue weighted by atomic mass is 32.1. The molecule has 1 amide bonds. The molecule has 0 spiro atoms. The van der Waals surface area contributed by atoms with Crippen LogP contribution in [-0.2, 0) is 17.8 Å². The summed E-state index contributed by atoms with van der Waals surface area (Å²) in [5, 5.41) is 8.68. The topological polar surface area (TPSA) is 95.6 Å². The molecule has 2 aromatic heterocycles. The molecular weight excluding hydrogens is 358 g/mol. The van der Waals surface area contributed by atoms with Gasteiger partial charge in [0.05, 0.1) is 4.88 Å². The second-order valence-corrected chi connectivity index (χ2v) is 6.54. The van der Waals surface area contributed by atoms with Gasteiger partial charge in [-0.2, -0.15) is 4.68 Å². The maximum atomic E-state index is 12.0. The van der Waals surface area contributed by atoms with Crippen LogP contribution in [0.2, 0.25) is 0 Å². The second kappa shape index (κ2) is 7.04. The van der Waals surface area contributed by atoms with E-state index in [4.69, 9.17) is 13.9 Å². The van der Waals surface area contributed by atoms with Crippen molar-refractivity contribution in [2.45, 2.75) is 13.0 Å². The Bertz CT molecular complexity index is 977. The number of thiophene rings is 1. The summed E-state index contributed by atoms with van der Waals surface area (Å²) < 4.78 is 16.7. The van der Waals surface area contributed by atoms with E-state index in [1.54, 1.807) is 6.07 Å². The van der Waals surface area contributed by atoms with Gasteiger partial charge < -0.3 is 19.2 Å². The quantitative estimate of drug-likeness (QED) is 0.706. The molecule has 0 aliphatic carbocycles. The van der Waals surface area contributed by atoms with Gasteiger partial charge in [0.1, 0.15) is 6.54 Å². The molecule has 3 heterocycles. The van der Waals surface area contributed by atoms with Crippen molar-refractivity contribution in [2.75, 3.05) is 13.3 Å². The lowest BCUT2D eigenvalue weighted by molar-refractivity contribution is -0.121. The van der Waals surface area contributed by atoms with E-state index in [0.717, 1.165) is 20.9 Å². The van der Waals surface area contributed by atoms with Crippen LogP contribution in [0.4, 0.5) is 0 Å². The van der Waals surface area contributed by atoms with Gasteiger partial charge in [-0.05, 0) is 35.6 Å². The van der Waals surface area contributed by atoms with Gasteiger partial charge in [-0.25, -0.2) is 4.79 Å². The smallest absolute Gasteiger partial charge is 0.437 e. The van der Waals surface area contributed by atoms with Gasteiger partial charge in [-0.15, -0.1) is 16.4 Å². The fourth-order valence-corrected chi connectivity index (χ4v) is 3.18. The molecule has 1 N–H and O–H groups in total. The summed E-state index contributed by atoms with van der Waals surface area (Å²) in [6.07, 6.45) is 0.635. The summed E-state index contributed by atoms with van der Waals surface area (Å²) in [5.41, 5.74) is 1.02. The Morgan fingerprint density at radius 1 is 1.27 bits per heavy atom. The third kappa shape index (κ3) is 3.47. The third-order valence-electron chi connectivity index (χ3n) is 3.80. The number of nitrogens with zero attached hydrogens (tertiary/aromatic N) is 2. The van der Waals surface area contributed by atoms with Gasteiger partial charge in [0.25, 0.3) is 5.89 Å². The molecule has 0 fully saturated rings. The third-order valence-corrected chi connectivity index (χ3v) is 4.66. The zero-order valence-electron chi connectivity index (χ0n) is 13.6. The number of nitrogens with one attached hydrogen (secondary N) is 1. The normalized spacial score (nSPS) is 12.3. The van der Waals surface area contributed by atoms with Gasteiger partial charge in [-0.3, -0.25) is 4.79 Å². The molecule has 1 aromatic carbocycles. The second-order valence-electron chi connectivity index (χ2n) is 5.60. The van der Waals surface area contributed by atoms with Crippen LogP contribution in [0.5, 0.6) is 11.5 Å². The molecule has 0 atom stereocenters. The number of aromatic nitrogens is 2. The van der Waals surface area contributed by atoms with E-state index in [9.17, 15) is 9.59 Å². The lowest BCUT2D eigenvalue weighted by Crippen LogP contribution is -2.32. The summed E-state index contributed by atoms with van der Waals surface area (Å²) >= 11 is 1.41. The Morgan fingerprint density at radius 3 is 3.00 bits per heavy atom. The summed E-state index contributed by atoms with van der Waals surface area (Å²) in [6, 6.07) is 9.30. The summed E-state index contributed by atoms with van der Waals surface area (Å²) in [5.74, 6) is 0.699. The molecular formula is C17H15N3O5S. The first-order valence-corrected chi connectivity index (χ1v) is 8.84. The van der Waals surface area contributed by atoms with E-state index < -0.39 is 5.76 Å². The average Bonchev–Trinajstić information content (AvgIpc) is 3.36. The number of ether oxygens (including phenoxy) is 2. The maximum absolute atomic E-state index is 12.0. The molecule has 0 unspecified atom stereocenters. The first-order chi connectivity index (χ1) is 12.7. The fraction of sp³-hybridized carbons (Fsp3) is 0.235.